The van der Waals surface area contributed by atoms with Crippen LogP contribution in [0.25, 0.3) is 0 Å². The monoisotopic (exact) mass is 445 g/mol. The zero-order valence-electron chi connectivity index (χ0n) is 18.3. The van der Waals surface area contributed by atoms with E-state index in [9.17, 15) is 9.59 Å². The molecular formula is C25H27N5O3. The van der Waals surface area contributed by atoms with Crippen molar-refractivity contribution in [1.82, 2.24) is 9.97 Å². The summed E-state index contributed by atoms with van der Waals surface area (Å²) >= 11 is 0. The molecule has 2 amide bonds. The lowest BCUT2D eigenvalue weighted by Crippen LogP contribution is -2.28. The Hall–Kier alpha value is -3.78. The van der Waals surface area contributed by atoms with Gasteiger partial charge < -0.3 is 21.1 Å². The Morgan fingerprint density at radius 1 is 1.03 bits per heavy atom. The van der Waals surface area contributed by atoms with Gasteiger partial charge in [0.2, 0.25) is 5.91 Å². The first-order valence-corrected chi connectivity index (χ1v) is 11.0. The van der Waals surface area contributed by atoms with E-state index in [0.717, 1.165) is 36.1 Å². The van der Waals surface area contributed by atoms with Crippen LogP contribution in [0.15, 0.2) is 61.1 Å². The molecule has 1 aliphatic heterocycles. The normalized spacial score (nSPS) is 13.9. The van der Waals surface area contributed by atoms with Gasteiger partial charge in [0.25, 0.3) is 5.91 Å². The Bertz CT molecular complexity index is 1110. The molecule has 4 N–H and O–H groups in total. The summed E-state index contributed by atoms with van der Waals surface area (Å²) < 4.78 is 5.33. The van der Waals surface area contributed by atoms with Gasteiger partial charge in [-0.3, -0.25) is 14.6 Å². The second kappa shape index (κ2) is 10.7. The molecule has 33 heavy (non-hydrogen) atoms. The summed E-state index contributed by atoms with van der Waals surface area (Å²) in [6.45, 7) is 1.24. The largest absolute Gasteiger partial charge is 0.381 e. The van der Waals surface area contributed by atoms with Crippen molar-refractivity contribution in [3.63, 3.8) is 0 Å². The van der Waals surface area contributed by atoms with E-state index in [1.165, 1.54) is 6.20 Å². The summed E-state index contributed by atoms with van der Waals surface area (Å²) in [5, 5.41) is 6.24. The molecule has 1 saturated heterocycles. The van der Waals surface area contributed by atoms with Crippen molar-refractivity contribution in [2.24, 2.45) is 11.7 Å². The quantitative estimate of drug-likeness (QED) is 0.488. The van der Waals surface area contributed by atoms with Crippen LogP contribution in [0.2, 0.25) is 0 Å². The molecule has 3 aromatic rings. The number of carbonyl (C=O) groups is 2. The van der Waals surface area contributed by atoms with Gasteiger partial charge in [-0.15, -0.1) is 0 Å². The van der Waals surface area contributed by atoms with E-state index in [1.807, 2.05) is 48.7 Å². The van der Waals surface area contributed by atoms with Crippen LogP contribution in [0, 0.1) is 5.92 Å². The lowest BCUT2D eigenvalue weighted by Gasteiger charge is -2.21. The number of rotatable bonds is 8. The summed E-state index contributed by atoms with van der Waals surface area (Å²) in [7, 11) is 0. The maximum absolute atomic E-state index is 12.5. The SMILES string of the molecule is NC(=O)c1cnc(Nc2cccc(NC(=O)C3CCOCC3)c2)cc1CCc1cccnc1. The van der Waals surface area contributed by atoms with Crippen molar-refractivity contribution in [2.45, 2.75) is 25.7 Å². The molecule has 0 atom stereocenters. The Balaban J connectivity index is 1.46. The number of amides is 2. The maximum Gasteiger partial charge on any atom is 0.250 e. The smallest absolute Gasteiger partial charge is 0.250 e. The van der Waals surface area contributed by atoms with Crippen molar-refractivity contribution in [3.8, 4) is 0 Å². The van der Waals surface area contributed by atoms with Gasteiger partial charge in [0.15, 0.2) is 0 Å². The molecular weight excluding hydrogens is 418 g/mol. The Morgan fingerprint density at radius 3 is 2.61 bits per heavy atom. The third-order valence-corrected chi connectivity index (χ3v) is 5.66. The van der Waals surface area contributed by atoms with Gasteiger partial charge in [-0.25, -0.2) is 4.98 Å². The van der Waals surface area contributed by atoms with Crippen LogP contribution < -0.4 is 16.4 Å². The molecule has 0 bridgehead atoms. The zero-order chi connectivity index (χ0) is 23.0. The second-order valence-corrected chi connectivity index (χ2v) is 8.03. The van der Waals surface area contributed by atoms with Crippen molar-refractivity contribution in [1.29, 1.82) is 0 Å². The Kier molecular flexibility index (Phi) is 7.26. The summed E-state index contributed by atoms with van der Waals surface area (Å²) in [6, 6.07) is 13.2. The third-order valence-electron chi connectivity index (χ3n) is 5.66. The van der Waals surface area contributed by atoms with Gasteiger partial charge in [0, 0.05) is 49.1 Å². The lowest BCUT2D eigenvalue weighted by atomic mass is 9.99. The van der Waals surface area contributed by atoms with Crippen LogP contribution in [-0.4, -0.2) is 35.0 Å². The fourth-order valence-electron chi connectivity index (χ4n) is 3.85. The van der Waals surface area contributed by atoms with E-state index < -0.39 is 5.91 Å². The third kappa shape index (κ3) is 6.14. The molecule has 4 rings (SSSR count). The fourth-order valence-corrected chi connectivity index (χ4v) is 3.85. The molecule has 0 spiro atoms. The summed E-state index contributed by atoms with van der Waals surface area (Å²) in [6.07, 6.45) is 7.87. The highest BCUT2D eigenvalue weighted by Crippen LogP contribution is 2.23. The molecule has 0 saturated carbocycles. The fraction of sp³-hybridized carbons (Fsp3) is 0.280. The number of hydrogen-bond acceptors (Lipinski definition) is 6. The molecule has 0 radical (unpaired) electrons. The number of aromatic nitrogens is 2. The van der Waals surface area contributed by atoms with Crippen LogP contribution in [0.1, 0.15) is 34.3 Å². The molecule has 3 heterocycles. The number of nitrogens with two attached hydrogens (primary N) is 1. The number of pyridine rings is 2. The molecule has 8 nitrogen and oxygen atoms in total. The van der Waals surface area contributed by atoms with E-state index in [-0.39, 0.29) is 11.8 Å². The Labute approximate surface area is 192 Å². The molecule has 8 heteroatoms. The average Bonchev–Trinajstić information content (AvgIpc) is 2.84. The molecule has 170 valence electrons. The number of nitrogens with zero attached hydrogens (tertiary/aromatic N) is 2. The van der Waals surface area contributed by atoms with Gasteiger partial charge in [-0.2, -0.15) is 0 Å². The van der Waals surface area contributed by atoms with Crippen molar-refractivity contribution in [2.75, 3.05) is 23.8 Å². The molecule has 0 unspecified atom stereocenters. The highest BCUT2D eigenvalue weighted by Gasteiger charge is 2.21. The second-order valence-electron chi connectivity index (χ2n) is 8.03. The van der Waals surface area contributed by atoms with Crippen LogP contribution in [0.4, 0.5) is 17.2 Å². The number of benzene rings is 1. The first-order valence-electron chi connectivity index (χ1n) is 11.0. The van der Waals surface area contributed by atoms with E-state index in [2.05, 4.69) is 20.6 Å². The predicted molar refractivity (Wildman–Crippen MR) is 126 cm³/mol. The van der Waals surface area contributed by atoms with Crippen molar-refractivity contribution < 1.29 is 14.3 Å². The minimum atomic E-state index is -0.506. The van der Waals surface area contributed by atoms with Gasteiger partial charge in [-0.05, 0) is 67.1 Å². The lowest BCUT2D eigenvalue weighted by molar-refractivity contribution is -0.122. The first kappa shape index (κ1) is 22.4. The topological polar surface area (TPSA) is 119 Å². The van der Waals surface area contributed by atoms with Crippen LogP contribution in [0.5, 0.6) is 0 Å². The van der Waals surface area contributed by atoms with Crippen molar-refractivity contribution >= 4 is 29.0 Å². The highest BCUT2D eigenvalue weighted by molar-refractivity contribution is 5.94. The zero-order valence-corrected chi connectivity index (χ0v) is 18.3. The first-order chi connectivity index (χ1) is 16.1. The summed E-state index contributed by atoms with van der Waals surface area (Å²) in [5.74, 6) is 0.0694. The molecule has 1 fully saturated rings. The number of aryl methyl sites for hydroxylation is 2. The molecule has 1 aromatic carbocycles. The minimum Gasteiger partial charge on any atom is -0.381 e. The van der Waals surface area contributed by atoms with Crippen LogP contribution in [0.3, 0.4) is 0 Å². The average molecular weight is 446 g/mol. The minimum absolute atomic E-state index is 0.0112. The van der Waals surface area contributed by atoms with Gasteiger partial charge in [0.1, 0.15) is 5.82 Å². The number of carbonyl (C=O) groups excluding carboxylic acids is 2. The van der Waals surface area contributed by atoms with E-state index in [4.69, 9.17) is 10.5 Å². The number of nitrogens with one attached hydrogen (secondary N) is 2. The molecule has 2 aromatic heterocycles. The predicted octanol–water partition coefficient (Wildman–Crippen LogP) is 3.47. The number of hydrogen-bond donors (Lipinski definition) is 3. The number of anilines is 3. The molecule has 0 aliphatic carbocycles. The van der Waals surface area contributed by atoms with E-state index >= 15 is 0 Å². The van der Waals surface area contributed by atoms with Gasteiger partial charge in [-0.1, -0.05) is 12.1 Å². The summed E-state index contributed by atoms with van der Waals surface area (Å²) in [5.41, 5.74) is 9.33. The highest BCUT2D eigenvalue weighted by atomic mass is 16.5. The Morgan fingerprint density at radius 2 is 1.85 bits per heavy atom. The van der Waals surface area contributed by atoms with Crippen LogP contribution in [-0.2, 0) is 22.4 Å². The molecule has 1 aliphatic rings. The summed E-state index contributed by atoms with van der Waals surface area (Å²) in [4.78, 5) is 32.9. The number of ether oxygens (including phenoxy) is 1. The van der Waals surface area contributed by atoms with Gasteiger partial charge >= 0.3 is 0 Å². The number of primary amides is 1. The van der Waals surface area contributed by atoms with Gasteiger partial charge in [0.05, 0.1) is 5.56 Å². The van der Waals surface area contributed by atoms with Crippen molar-refractivity contribution in [3.05, 3.63) is 77.7 Å². The van der Waals surface area contributed by atoms with E-state index in [1.54, 1.807) is 6.20 Å². The van der Waals surface area contributed by atoms with E-state index in [0.29, 0.717) is 36.7 Å². The van der Waals surface area contributed by atoms with Crippen LogP contribution >= 0.6 is 0 Å². The maximum atomic E-state index is 12.5. The standard InChI is InChI=1S/C25H27N5O3/c26-24(31)22-16-28-23(13-19(22)7-6-17-3-2-10-27-15-17)29-20-4-1-5-21(14-20)30-25(32)18-8-11-33-12-9-18/h1-5,10,13-16,18H,6-9,11-12H2,(H2,26,31)(H,28,29)(H,30,32).